The van der Waals surface area contributed by atoms with E-state index >= 15 is 0 Å². The third-order valence-corrected chi connectivity index (χ3v) is 13.8. The van der Waals surface area contributed by atoms with Crippen molar-refractivity contribution in [2.45, 2.75) is 0 Å². The molecule has 0 atom stereocenters. The van der Waals surface area contributed by atoms with E-state index in [4.69, 9.17) is 8.83 Å². The van der Waals surface area contributed by atoms with Crippen molar-refractivity contribution in [1.29, 1.82) is 0 Å². The van der Waals surface area contributed by atoms with Crippen LogP contribution >= 0.6 is 11.3 Å². The van der Waals surface area contributed by atoms with E-state index in [0.29, 0.717) is 0 Å². The van der Waals surface area contributed by atoms with Crippen LogP contribution in [0.5, 0.6) is 0 Å². The average molecular weight is 836 g/mol. The molecule has 0 saturated heterocycles. The smallest absolute Gasteiger partial charge is 0.145 e. The summed E-state index contributed by atoms with van der Waals surface area (Å²) in [6.45, 7) is 0. The largest absolute Gasteiger partial charge is 0.455 e. The highest BCUT2D eigenvalue weighted by atomic mass is 32.1. The van der Waals surface area contributed by atoms with Crippen LogP contribution in [0.2, 0.25) is 0 Å². The number of anilines is 3. The second kappa shape index (κ2) is 14.7. The molecule has 64 heavy (non-hydrogen) atoms. The molecule has 0 saturated carbocycles. The summed E-state index contributed by atoms with van der Waals surface area (Å²) in [5.74, 6) is 0. The standard InChI is InChI=1S/C60H37NO2S/c1-5-15-38(16-6-1)42-25-28-49-54(35-42)63-60-47(41-21-11-4-12-22-41)31-32-52(58(49)60)61(44-27-34-56-50(36-44)48-23-13-14-24-55(48)64-56)43-26-33-53-51(37-43)57-45(39-17-7-2-8-18-39)29-30-46(59(57)62-53)40-19-9-3-10-20-40/h1-37H. The highest BCUT2D eigenvalue weighted by molar-refractivity contribution is 7.25. The van der Waals surface area contributed by atoms with Gasteiger partial charge in [-0.3, -0.25) is 0 Å². The second-order valence-electron chi connectivity index (χ2n) is 16.4. The Morgan fingerprint density at radius 2 is 0.844 bits per heavy atom. The van der Waals surface area contributed by atoms with Crippen LogP contribution in [0.1, 0.15) is 0 Å². The zero-order chi connectivity index (χ0) is 42.1. The van der Waals surface area contributed by atoms with E-state index in [2.05, 4.69) is 229 Å². The van der Waals surface area contributed by atoms with Crippen LogP contribution in [0.15, 0.2) is 233 Å². The normalized spacial score (nSPS) is 11.8. The number of nitrogens with zero attached hydrogens (tertiary/aromatic N) is 1. The molecule has 4 heteroatoms. The van der Waals surface area contributed by atoms with Crippen molar-refractivity contribution in [2.24, 2.45) is 0 Å². The number of rotatable bonds is 7. The summed E-state index contributed by atoms with van der Waals surface area (Å²) in [6.07, 6.45) is 0. The Bertz CT molecular complexity index is 3890. The van der Waals surface area contributed by atoms with Gasteiger partial charge in [0.25, 0.3) is 0 Å². The highest BCUT2D eigenvalue weighted by Crippen LogP contribution is 2.50. The Balaban J connectivity index is 1.11. The summed E-state index contributed by atoms with van der Waals surface area (Å²) in [4.78, 5) is 2.42. The SMILES string of the molecule is c1ccc(-c2ccc3c(c2)oc2c(-c4ccccc4)ccc(N(c4ccc5sc6ccccc6c5c4)c4ccc5oc6c(-c7ccccc7)ccc(-c7ccccc7)c6c5c4)c23)cc1. The Kier molecular flexibility index (Phi) is 8.40. The Morgan fingerprint density at radius 3 is 1.55 bits per heavy atom. The molecule has 13 rings (SSSR count). The quantitative estimate of drug-likeness (QED) is 0.160. The summed E-state index contributed by atoms with van der Waals surface area (Å²) in [5, 5.41) is 6.75. The molecule has 0 aliphatic heterocycles. The predicted molar refractivity (Wildman–Crippen MR) is 270 cm³/mol. The molecule has 3 nitrogen and oxygen atoms in total. The van der Waals surface area contributed by atoms with Crippen LogP contribution in [0.4, 0.5) is 17.1 Å². The lowest BCUT2D eigenvalue weighted by atomic mass is 9.94. The monoisotopic (exact) mass is 835 g/mol. The molecule has 13 aromatic rings. The van der Waals surface area contributed by atoms with E-state index in [1.807, 2.05) is 11.3 Å². The molecule has 10 aromatic carbocycles. The predicted octanol–water partition coefficient (Wildman–Crippen LogP) is 18.0. The fourth-order valence-electron chi connectivity index (χ4n) is 9.69. The van der Waals surface area contributed by atoms with Crippen molar-refractivity contribution in [3.63, 3.8) is 0 Å². The van der Waals surface area contributed by atoms with Crippen molar-refractivity contribution in [3.8, 4) is 44.5 Å². The maximum absolute atomic E-state index is 7.07. The molecule has 3 heterocycles. The maximum atomic E-state index is 7.07. The summed E-state index contributed by atoms with van der Waals surface area (Å²) in [6, 6.07) is 80.2. The maximum Gasteiger partial charge on any atom is 0.145 e. The lowest BCUT2D eigenvalue weighted by Crippen LogP contribution is -2.10. The van der Waals surface area contributed by atoms with Gasteiger partial charge in [-0.05, 0) is 106 Å². The van der Waals surface area contributed by atoms with Gasteiger partial charge in [-0.25, -0.2) is 0 Å². The van der Waals surface area contributed by atoms with Gasteiger partial charge in [0.15, 0.2) is 0 Å². The number of thiophene rings is 1. The van der Waals surface area contributed by atoms with Crippen LogP contribution in [-0.4, -0.2) is 0 Å². The third kappa shape index (κ3) is 5.88. The first kappa shape index (κ1) is 36.5. The fraction of sp³-hybridized carbons (Fsp3) is 0. The van der Waals surface area contributed by atoms with Gasteiger partial charge >= 0.3 is 0 Å². The van der Waals surface area contributed by atoms with Crippen molar-refractivity contribution in [2.75, 3.05) is 4.90 Å². The molecule has 0 aliphatic rings. The van der Waals surface area contributed by atoms with Crippen molar-refractivity contribution < 1.29 is 8.83 Å². The number of hydrogen-bond donors (Lipinski definition) is 0. The summed E-state index contributed by atoms with van der Waals surface area (Å²) in [5.41, 5.74) is 15.4. The van der Waals surface area contributed by atoms with Crippen molar-refractivity contribution in [1.82, 2.24) is 0 Å². The zero-order valence-corrected chi connectivity index (χ0v) is 35.4. The Morgan fingerprint density at radius 1 is 0.312 bits per heavy atom. The van der Waals surface area contributed by atoms with Gasteiger partial charge < -0.3 is 13.7 Å². The van der Waals surface area contributed by atoms with Gasteiger partial charge in [-0.2, -0.15) is 0 Å². The summed E-state index contributed by atoms with van der Waals surface area (Å²) < 4.78 is 16.5. The average Bonchev–Trinajstić information content (AvgIpc) is 4.06. The molecule has 0 unspecified atom stereocenters. The lowest BCUT2D eigenvalue weighted by molar-refractivity contribution is 0.669. The minimum absolute atomic E-state index is 0.838. The van der Waals surface area contributed by atoms with Crippen molar-refractivity contribution >= 4 is 92.4 Å². The lowest BCUT2D eigenvalue weighted by Gasteiger charge is -2.27. The number of hydrogen-bond acceptors (Lipinski definition) is 4. The molecule has 0 amide bonds. The zero-order valence-electron chi connectivity index (χ0n) is 34.5. The minimum atomic E-state index is 0.838. The molecule has 0 radical (unpaired) electrons. The van der Waals surface area contributed by atoms with Crippen LogP contribution in [0, 0.1) is 0 Å². The first-order valence-corrected chi connectivity index (χ1v) is 22.5. The first-order chi connectivity index (χ1) is 31.7. The van der Waals surface area contributed by atoms with Gasteiger partial charge in [0.1, 0.15) is 22.3 Å². The molecule has 0 fully saturated rings. The van der Waals surface area contributed by atoms with Crippen LogP contribution in [0.25, 0.3) is 109 Å². The highest BCUT2D eigenvalue weighted by Gasteiger charge is 2.25. The molecule has 0 bridgehead atoms. The van der Waals surface area contributed by atoms with E-state index in [1.165, 1.54) is 20.2 Å². The number of benzene rings is 10. The van der Waals surface area contributed by atoms with E-state index in [1.54, 1.807) is 0 Å². The second-order valence-corrected chi connectivity index (χ2v) is 17.5. The molecule has 300 valence electrons. The molecule has 0 N–H and O–H groups in total. The topological polar surface area (TPSA) is 29.5 Å². The molecular formula is C60H37NO2S. The number of fused-ring (bicyclic) bond motifs is 9. The molecule has 0 spiro atoms. The van der Waals surface area contributed by atoms with Gasteiger partial charge in [0.2, 0.25) is 0 Å². The van der Waals surface area contributed by atoms with Crippen LogP contribution < -0.4 is 4.90 Å². The Hall–Kier alpha value is -8.18. The van der Waals surface area contributed by atoms with E-state index in [9.17, 15) is 0 Å². The summed E-state index contributed by atoms with van der Waals surface area (Å²) in [7, 11) is 0. The van der Waals surface area contributed by atoms with Crippen molar-refractivity contribution in [3.05, 3.63) is 224 Å². The fourth-order valence-corrected chi connectivity index (χ4v) is 10.8. The van der Waals surface area contributed by atoms with E-state index < -0.39 is 0 Å². The molecule has 0 aliphatic carbocycles. The van der Waals surface area contributed by atoms with Gasteiger partial charge in [0, 0.05) is 58.8 Å². The number of furan rings is 2. The first-order valence-electron chi connectivity index (χ1n) is 21.7. The van der Waals surface area contributed by atoms with E-state index in [-0.39, 0.29) is 0 Å². The molecule has 3 aromatic heterocycles. The van der Waals surface area contributed by atoms with Gasteiger partial charge in [-0.1, -0.05) is 152 Å². The third-order valence-electron chi connectivity index (χ3n) is 12.7. The minimum Gasteiger partial charge on any atom is -0.455 e. The molecular weight excluding hydrogens is 799 g/mol. The van der Waals surface area contributed by atoms with Crippen LogP contribution in [-0.2, 0) is 0 Å². The van der Waals surface area contributed by atoms with Crippen LogP contribution in [0.3, 0.4) is 0 Å². The van der Waals surface area contributed by atoms with Gasteiger partial charge in [-0.15, -0.1) is 11.3 Å². The Labute approximate surface area is 373 Å². The van der Waals surface area contributed by atoms with E-state index in [0.717, 1.165) is 105 Å². The summed E-state index contributed by atoms with van der Waals surface area (Å²) >= 11 is 1.84. The van der Waals surface area contributed by atoms with Gasteiger partial charge in [0.05, 0.1) is 11.1 Å².